The van der Waals surface area contributed by atoms with Crippen LogP contribution in [0.3, 0.4) is 0 Å². The molecule has 7 heteroatoms. The van der Waals surface area contributed by atoms with Crippen LogP contribution in [0.2, 0.25) is 0 Å². The van der Waals surface area contributed by atoms with E-state index in [9.17, 15) is 4.79 Å². The topological polar surface area (TPSA) is 105 Å². The van der Waals surface area contributed by atoms with Gasteiger partial charge in [-0.15, -0.1) is 10.2 Å². The third kappa shape index (κ3) is 2.38. The number of carbonyl (C=O) groups excluding carboxylic acids is 1. The summed E-state index contributed by atoms with van der Waals surface area (Å²) < 4.78 is 0. The van der Waals surface area contributed by atoms with E-state index in [1.807, 2.05) is 6.07 Å². The maximum atomic E-state index is 11.7. The second-order valence-electron chi connectivity index (χ2n) is 3.06. The highest BCUT2D eigenvalue weighted by Gasteiger charge is 2.13. The highest BCUT2D eigenvalue weighted by atomic mass is 32.1. The Labute approximate surface area is 101 Å². The van der Waals surface area contributed by atoms with Crippen molar-refractivity contribution >= 4 is 28.1 Å². The number of rotatable bonds is 2. The summed E-state index contributed by atoms with van der Waals surface area (Å²) in [6.45, 7) is 0. The van der Waals surface area contributed by atoms with Crippen molar-refractivity contribution in [1.29, 1.82) is 5.26 Å². The van der Waals surface area contributed by atoms with Crippen molar-refractivity contribution in [2.75, 3.05) is 11.1 Å². The standard InChI is InChI=1S/C10H7N5OS/c11-5-6-3-1-2-4-7(6)13-8(16)9-14-15-10(12)17-9/h1-4H,(H2,12,15)(H,13,16). The Hall–Kier alpha value is -2.46. The number of benzene rings is 1. The van der Waals surface area contributed by atoms with Crippen LogP contribution in [0.4, 0.5) is 10.8 Å². The van der Waals surface area contributed by atoms with Gasteiger partial charge in [-0.2, -0.15) is 5.26 Å². The molecule has 0 unspecified atom stereocenters. The van der Waals surface area contributed by atoms with Crippen molar-refractivity contribution in [3.05, 3.63) is 34.8 Å². The summed E-state index contributed by atoms with van der Waals surface area (Å²) in [5.41, 5.74) is 6.20. The molecule has 1 aromatic carbocycles. The van der Waals surface area contributed by atoms with Crippen LogP contribution in [0.25, 0.3) is 0 Å². The average Bonchev–Trinajstić information content (AvgIpc) is 2.77. The first-order valence-corrected chi connectivity index (χ1v) is 5.42. The Morgan fingerprint density at radius 2 is 2.18 bits per heavy atom. The average molecular weight is 245 g/mol. The fourth-order valence-corrected chi connectivity index (χ4v) is 1.70. The zero-order valence-corrected chi connectivity index (χ0v) is 9.36. The Bertz CT molecular complexity index is 601. The molecule has 1 aromatic heterocycles. The lowest BCUT2D eigenvalue weighted by Gasteiger charge is -2.03. The predicted molar refractivity (Wildman–Crippen MR) is 63.4 cm³/mol. The minimum Gasteiger partial charge on any atom is -0.374 e. The van der Waals surface area contributed by atoms with Crippen LogP contribution >= 0.6 is 11.3 Å². The van der Waals surface area contributed by atoms with Gasteiger partial charge in [0.15, 0.2) is 0 Å². The molecule has 1 heterocycles. The molecular weight excluding hydrogens is 238 g/mol. The lowest BCUT2D eigenvalue weighted by molar-refractivity contribution is 0.102. The van der Waals surface area contributed by atoms with Gasteiger partial charge in [-0.3, -0.25) is 4.79 Å². The number of anilines is 2. The molecule has 84 valence electrons. The lowest BCUT2D eigenvalue weighted by atomic mass is 10.2. The molecule has 2 rings (SSSR count). The van der Waals surface area contributed by atoms with Gasteiger partial charge in [0.2, 0.25) is 10.1 Å². The van der Waals surface area contributed by atoms with Crippen LogP contribution in [0.5, 0.6) is 0 Å². The number of carbonyl (C=O) groups is 1. The first-order valence-electron chi connectivity index (χ1n) is 4.60. The number of nitriles is 1. The summed E-state index contributed by atoms with van der Waals surface area (Å²) in [5, 5.41) is 19.0. The summed E-state index contributed by atoms with van der Waals surface area (Å²) in [6, 6.07) is 8.69. The van der Waals surface area contributed by atoms with Gasteiger partial charge in [0.1, 0.15) is 6.07 Å². The molecule has 0 atom stereocenters. The smallest absolute Gasteiger partial charge is 0.286 e. The number of para-hydroxylation sites is 1. The summed E-state index contributed by atoms with van der Waals surface area (Å²) in [7, 11) is 0. The van der Waals surface area contributed by atoms with Gasteiger partial charge in [0, 0.05) is 0 Å². The SMILES string of the molecule is N#Cc1ccccc1NC(=O)c1nnc(N)s1. The third-order valence-corrected chi connectivity index (χ3v) is 2.68. The number of nitrogen functional groups attached to an aromatic ring is 1. The van der Waals surface area contributed by atoms with Crippen molar-refractivity contribution in [2.45, 2.75) is 0 Å². The van der Waals surface area contributed by atoms with Crippen molar-refractivity contribution < 1.29 is 4.79 Å². The molecule has 1 amide bonds. The van der Waals surface area contributed by atoms with E-state index in [-0.39, 0.29) is 10.1 Å². The molecule has 3 N–H and O–H groups in total. The Morgan fingerprint density at radius 1 is 1.41 bits per heavy atom. The zero-order chi connectivity index (χ0) is 12.3. The van der Waals surface area contributed by atoms with E-state index < -0.39 is 5.91 Å². The molecule has 0 aliphatic carbocycles. The van der Waals surface area contributed by atoms with Crippen LogP contribution in [0.1, 0.15) is 15.4 Å². The normalized spacial score (nSPS) is 9.59. The summed E-state index contributed by atoms with van der Waals surface area (Å²) in [5.74, 6) is -0.429. The van der Waals surface area contributed by atoms with Gasteiger partial charge in [-0.25, -0.2) is 0 Å². The Balaban J connectivity index is 2.22. The molecule has 0 bridgehead atoms. The summed E-state index contributed by atoms with van der Waals surface area (Å²) in [4.78, 5) is 11.7. The number of hydrogen-bond donors (Lipinski definition) is 2. The zero-order valence-electron chi connectivity index (χ0n) is 8.54. The van der Waals surface area contributed by atoms with E-state index in [0.717, 1.165) is 11.3 Å². The number of hydrogen-bond acceptors (Lipinski definition) is 6. The number of aromatic nitrogens is 2. The minimum atomic E-state index is -0.429. The summed E-state index contributed by atoms with van der Waals surface area (Å²) >= 11 is 0.989. The van der Waals surface area contributed by atoms with Gasteiger partial charge in [-0.1, -0.05) is 23.5 Å². The third-order valence-electron chi connectivity index (χ3n) is 1.93. The van der Waals surface area contributed by atoms with Crippen molar-refractivity contribution in [2.24, 2.45) is 0 Å². The molecule has 6 nitrogen and oxygen atoms in total. The number of nitrogens with one attached hydrogen (secondary N) is 1. The first kappa shape index (κ1) is 11.0. The van der Waals surface area contributed by atoms with Gasteiger partial charge in [-0.05, 0) is 12.1 Å². The molecule has 0 aliphatic rings. The van der Waals surface area contributed by atoms with Crippen LogP contribution in [0.15, 0.2) is 24.3 Å². The maximum absolute atomic E-state index is 11.7. The second kappa shape index (κ2) is 4.59. The first-order chi connectivity index (χ1) is 8.20. The molecule has 0 radical (unpaired) electrons. The van der Waals surface area contributed by atoms with E-state index in [4.69, 9.17) is 11.0 Å². The van der Waals surface area contributed by atoms with Gasteiger partial charge in [0.25, 0.3) is 5.91 Å². The lowest BCUT2D eigenvalue weighted by Crippen LogP contribution is -2.12. The largest absolute Gasteiger partial charge is 0.374 e. The van der Waals surface area contributed by atoms with E-state index in [1.54, 1.807) is 24.3 Å². The fraction of sp³-hybridized carbons (Fsp3) is 0. The maximum Gasteiger partial charge on any atom is 0.286 e. The highest BCUT2D eigenvalue weighted by Crippen LogP contribution is 2.17. The van der Waals surface area contributed by atoms with Crippen LogP contribution in [-0.2, 0) is 0 Å². The number of amides is 1. The number of nitrogens with zero attached hydrogens (tertiary/aromatic N) is 3. The molecule has 0 fully saturated rings. The van der Waals surface area contributed by atoms with Crippen molar-refractivity contribution in [3.8, 4) is 6.07 Å². The molecule has 2 aromatic rings. The summed E-state index contributed by atoms with van der Waals surface area (Å²) in [6.07, 6.45) is 0. The Morgan fingerprint density at radius 3 is 2.82 bits per heavy atom. The molecule has 0 saturated heterocycles. The molecule has 17 heavy (non-hydrogen) atoms. The number of nitrogens with two attached hydrogens (primary N) is 1. The second-order valence-corrected chi connectivity index (χ2v) is 4.07. The van der Waals surface area contributed by atoms with E-state index in [2.05, 4.69) is 15.5 Å². The predicted octanol–water partition coefficient (Wildman–Crippen LogP) is 1.24. The van der Waals surface area contributed by atoms with Crippen LogP contribution in [-0.4, -0.2) is 16.1 Å². The van der Waals surface area contributed by atoms with E-state index in [1.165, 1.54) is 0 Å². The Kier molecular flexibility index (Phi) is 2.98. The monoisotopic (exact) mass is 245 g/mol. The van der Waals surface area contributed by atoms with Gasteiger partial charge < -0.3 is 11.1 Å². The molecule has 0 spiro atoms. The van der Waals surface area contributed by atoms with Crippen LogP contribution < -0.4 is 11.1 Å². The molecule has 0 saturated carbocycles. The van der Waals surface area contributed by atoms with Crippen LogP contribution in [0, 0.1) is 11.3 Å². The highest BCUT2D eigenvalue weighted by molar-refractivity contribution is 7.16. The van der Waals surface area contributed by atoms with E-state index in [0.29, 0.717) is 11.3 Å². The fourth-order valence-electron chi connectivity index (χ4n) is 1.19. The van der Waals surface area contributed by atoms with Gasteiger partial charge in [0.05, 0.1) is 11.3 Å². The van der Waals surface area contributed by atoms with E-state index >= 15 is 0 Å². The quantitative estimate of drug-likeness (QED) is 0.828. The van der Waals surface area contributed by atoms with Crippen molar-refractivity contribution in [1.82, 2.24) is 10.2 Å². The minimum absolute atomic E-state index is 0.162. The van der Waals surface area contributed by atoms with Gasteiger partial charge >= 0.3 is 0 Å². The molecule has 0 aliphatic heterocycles. The van der Waals surface area contributed by atoms with Crippen molar-refractivity contribution in [3.63, 3.8) is 0 Å². The molecular formula is C10H7N5OS.